The minimum absolute atomic E-state index is 0.0837. The van der Waals surface area contributed by atoms with Gasteiger partial charge in [-0.1, -0.05) is 61.0 Å². The molecule has 1 saturated carbocycles. The van der Waals surface area contributed by atoms with E-state index in [0.717, 1.165) is 16.9 Å². The average molecular weight is 615 g/mol. The number of hydrogen-bond donors (Lipinski definition) is 1. The lowest BCUT2D eigenvalue weighted by Crippen LogP contribution is -2.49. The first-order chi connectivity index (χ1) is 22.4. The molecule has 4 aromatic rings. The van der Waals surface area contributed by atoms with Gasteiger partial charge in [0, 0.05) is 11.7 Å². The Balaban J connectivity index is 1.13. The molecule has 0 bridgehead atoms. The number of fused-ring (bicyclic) bond motifs is 3. The molecule has 2 heterocycles. The molecule has 3 aliphatic rings. The number of carbonyl (C=O) groups is 5. The molecule has 46 heavy (non-hydrogen) atoms. The van der Waals surface area contributed by atoms with Crippen molar-refractivity contribution >= 4 is 46.8 Å². The predicted molar refractivity (Wildman–Crippen MR) is 171 cm³/mol. The smallest absolute Gasteiger partial charge is 0.410 e. The molecule has 0 radical (unpaired) electrons. The summed E-state index contributed by atoms with van der Waals surface area (Å²) in [6.45, 7) is -0.173. The van der Waals surface area contributed by atoms with Crippen molar-refractivity contribution in [2.24, 2.45) is 5.92 Å². The minimum atomic E-state index is -0.617. The topological polar surface area (TPSA) is 116 Å². The van der Waals surface area contributed by atoms with E-state index in [1.54, 1.807) is 70.5 Å². The van der Waals surface area contributed by atoms with Crippen molar-refractivity contribution in [1.29, 1.82) is 0 Å². The highest BCUT2D eigenvalue weighted by molar-refractivity contribution is 6.23. The van der Waals surface area contributed by atoms with E-state index in [-0.39, 0.29) is 23.6 Å². The second-order valence-corrected chi connectivity index (χ2v) is 11.5. The van der Waals surface area contributed by atoms with Crippen LogP contribution in [-0.4, -0.2) is 47.2 Å². The lowest BCUT2D eigenvalue weighted by atomic mass is 10.0. The Hall–Kier alpha value is -5.77. The van der Waals surface area contributed by atoms with Crippen LogP contribution in [0.4, 0.5) is 21.9 Å². The Morgan fingerprint density at radius 1 is 0.717 bits per heavy atom. The SMILES string of the molecule is O=C(Nc1ccc(CN2C(=O)[C@H]3CCC[C@H]3N(C(=O)CN3C(=O)c4ccccc4C3=O)c3ccccc32)cc1)Oc1ccccc1. The third-order valence-electron chi connectivity index (χ3n) is 8.76. The Labute approximate surface area is 265 Å². The zero-order valence-electron chi connectivity index (χ0n) is 24.8. The van der Waals surface area contributed by atoms with Crippen LogP contribution >= 0.6 is 0 Å². The number of nitrogens with one attached hydrogen (secondary N) is 1. The standard InChI is InChI=1S/C36H30N4O6/c41-32(22-39-33(42)26-11-4-5-12-27(26)34(39)43)40-29-16-8-13-28(29)35(44)38(30-14-6-7-15-31(30)40)21-23-17-19-24(20-18-23)37-36(45)46-25-9-2-1-3-10-25/h1-7,9-12,14-15,17-20,28-29H,8,13,16,21-22H2,(H,37,45)/t28-,29+/m0/s1. The van der Waals surface area contributed by atoms with Crippen molar-refractivity contribution in [3.8, 4) is 5.75 Å². The molecule has 2 aliphatic heterocycles. The van der Waals surface area contributed by atoms with Crippen LogP contribution < -0.4 is 19.9 Å². The van der Waals surface area contributed by atoms with Crippen LogP contribution in [0.2, 0.25) is 0 Å². The molecule has 1 aliphatic carbocycles. The van der Waals surface area contributed by atoms with E-state index in [1.165, 1.54) is 0 Å². The lowest BCUT2D eigenvalue weighted by molar-refractivity contribution is -0.123. The number of rotatable bonds is 6. The van der Waals surface area contributed by atoms with Gasteiger partial charge in [0.15, 0.2) is 0 Å². The van der Waals surface area contributed by atoms with Crippen molar-refractivity contribution in [2.45, 2.75) is 31.8 Å². The van der Waals surface area contributed by atoms with E-state index < -0.39 is 42.3 Å². The van der Waals surface area contributed by atoms with Crippen LogP contribution in [0, 0.1) is 5.92 Å². The molecular weight excluding hydrogens is 584 g/mol. The van der Waals surface area contributed by atoms with Crippen molar-refractivity contribution < 1.29 is 28.7 Å². The van der Waals surface area contributed by atoms with Crippen LogP contribution in [0.25, 0.3) is 0 Å². The summed E-state index contributed by atoms with van der Waals surface area (Å²) in [7, 11) is 0. The molecule has 1 fully saturated rings. The summed E-state index contributed by atoms with van der Waals surface area (Å²) in [5.74, 6) is -1.50. The van der Waals surface area contributed by atoms with Gasteiger partial charge in [-0.05, 0) is 66.9 Å². The molecule has 230 valence electrons. The maximum Gasteiger partial charge on any atom is 0.417 e. The van der Waals surface area contributed by atoms with E-state index in [4.69, 9.17) is 4.74 Å². The van der Waals surface area contributed by atoms with Gasteiger partial charge in [0.25, 0.3) is 11.8 Å². The van der Waals surface area contributed by atoms with Gasteiger partial charge in [0.2, 0.25) is 11.8 Å². The van der Waals surface area contributed by atoms with Gasteiger partial charge in [-0.3, -0.25) is 29.4 Å². The fourth-order valence-corrected chi connectivity index (χ4v) is 6.62. The Kier molecular flexibility index (Phi) is 7.53. The molecule has 2 atom stereocenters. The van der Waals surface area contributed by atoms with Gasteiger partial charge >= 0.3 is 6.09 Å². The summed E-state index contributed by atoms with van der Waals surface area (Å²) < 4.78 is 5.30. The first kappa shape index (κ1) is 29.0. The van der Waals surface area contributed by atoms with Crippen LogP contribution in [-0.2, 0) is 16.1 Å². The predicted octanol–water partition coefficient (Wildman–Crippen LogP) is 5.64. The fraction of sp³-hybridized carbons (Fsp3) is 0.194. The Morgan fingerprint density at radius 3 is 2.04 bits per heavy atom. The Bertz CT molecular complexity index is 1820. The minimum Gasteiger partial charge on any atom is -0.410 e. The lowest BCUT2D eigenvalue weighted by Gasteiger charge is -2.31. The Morgan fingerprint density at radius 2 is 1.35 bits per heavy atom. The molecule has 5 amide bonds. The molecule has 4 aromatic carbocycles. The zero-order chi connectivity index (χ0) is 31.8. The molecule has 0 saturated heterocycles. The summed E-state index contributed by atoms with van der Waals surface area (Å²) >= 11 is 0. The second kappa shape index (κ2) is 12.0. The van der Waals surface area contributed by atoms with Crippen molar-refractivity contribution in [2.75, 3.05) is 21.7 Å². The van der Waals surface area contributed by atoms with Gasteiger partial charge < -0.3 is 14.5 Å². The summed E-state index contributed by atoms with van der Waals surface area (Å²) in [5.41, 5.74) is 3.07. The molecule has 10 nitrogen and oxygen atoms in total. The van der Waals surface area contributed by atoms with E-state index in [1.807, 2.05) is 42.5 Å². The van der Waals surface area contributed by atoms with Gasteiger partial charge in [-0.15, -0.1) is 0 Å². The molecule has 0 spiro atoms. The number of nitrogens with zero attached hydrogens (tertiary/aromatic N) is 3. The number of para-hydroxylation sites is 3. The fourth-order valence-electron chi connectivity index (χ4n) is 6.62. The summed E-state index contributed by atoms with van der Waals surface area (Å²) in [4.78, 5) is 71.1. The molecule has 0 unspecified atom stereocenters. The van der Waals surface area contributed by atoms with Crippen LogP contribution in [0.5, 0.6) is 5.75 Å². The largest absolute Gasteiger partial charge is 0.417 e. The zero-order valence-corrected chi connectivity index (χ0v) is 24.8. The quantitative estimate of drug-likeness (QED) is 0.281. The highest BCUT2D eigenvalue weighted by atomic mass is 16.6. The molecule has 10 heteroatoms. The summed E-state index contributed by atoms with van der Waals surface area (Å²) in [5, 5.41) is 2.71. The van der Waals surface area contributed by atoms with Crippen LogP contribution in [0.1, 0.15) is 45.5 Å². The van der Waals surface area contributed by atoms with E-state index in [2.05, 4.69) is 5.32 Å². The number of benzene rings is 4. The van der Waals surface area contributed by atoms with Crippen molar-refractivity contribution in [1.82, 2.24) is 4.90 Å². The number of carbonyl (C=O) groups excluding carboxylic acids is 5. The van der Waals surface area contributed by atoms with Crippen LogP contribution in [0.3, 0.4) is 0 Å². The molecular formula is C36H30N4O6. The van der Waals surface area contributed by atoms with E-state index in [9.17, 15) is 24.0 Å². The third-order valence-corrected chi connectivity index (χ3v) is 8.76. The third kappa shape index (κ3) is 5.27. The maximum absolute atomic E-state index is 14.1. The highest BCUT2D eigenvalue weighted by Gasteiger charge is 2.47. The van der Waals surface area contributed by atoms with E-state index in [0.29, 0.717) is 35.7 Å². The number of hydrogen-bond acceptors (Lipinski definition) is 6. The van der Waals surface area contributed by atoms with Crippen molar-refractivity contribution in [3.63, 3.8) is 0 Å². The van der Waals surface area contributed by atoms with Gasteiger partial charge in [0.1, 0.15) is 12.3 Å². The molecule has 0 aromatic heterocycles. The number of ether oxygens (including phenoxy) is 1. The summed E-state index contributed by atoms with van der Waals surface area (Å²) in [6, 6.07) is 29.3. The normalized spacial score (nSPS) is 18.5. The molecule has 7 rings (SSSR count). The van der Waals surface area contributed by atoms with Crippen LogP contribution in [0.15, 0.2) is 103 Å². The van der Waals surface area contributed by atoms with Gasteiger partial charge in [-0.25, -0.2) is 4.79 Å². The van der Waals surface area contributed by atoms with Gasteiger partial charge in [-0.2, -0.15) is 0 Å². The maximum atomic E-state index is 14.1. The highest BCUT2D eigenvalue weighted by Crippen LogP contribution is 2.43. The molecule has 1 N–H and O–H groups in total. The van der Waals surface area contributed by atoms with E-state index >= 15 is 0 Å². The summed E-state index contributed by atoms with van der Waals surface area (Å²) in [6.07, 6.45) is 1.41. The second-order valence-electron chi connectivity index (χ2n) is 11.5. The number of imide groups is 1. The number of anilines is 3. The monoisotopic (exact) mass is 614 g/mol. The number of amides is 5. The first-order valence-corrected chi connectivity index (χ1v) is 15.2. The first-order valence-electron chi connectivity index (χ1n) is 15.2. The van der Waals surface area contributed by atoms with Crippen molar-refractivity contribution in [3.05, 3.63) is 120 Å². The van der Waals surface area contributed by atoms with Gasteiger partial charge in [0.05, 0.1) is 35.0 Å². The average Bonchev–Trinajstić information content (AvgIpc) is 3.62.